The van der Waals surface area contributed by atoms with E-state index >= 15 is 0 Å². The van der Waals surface area contributed by atoms with Crippen LogP contribution in [0.25, 0.3) is 33.0 Å². The van der Waals surface area contributed by atoms with E-state index < -0.39 is 11.8 Å². The fourth-order valence-electron chi connectivity index (χ4n) is 5.53. The second-order valence-electron chi connectivity index (χ2n) is 8.93. The van der Waals surface area contributed by atoms with Crippen LogP contribution in [0.15, 0.2) is 54.7 Å². The lowest BCUT2D eigenvalue weighted by Gasteiger charge is -2.25. The lowest BCUT2D eigenvalue weighted by Crippen LogP contribution is -2.28. The third kappa shape index (κ3) is 2.98. The average molecular weight is 477 g/mol. The van der Waals surface area contributed by atoms with E-state index in [1.807, 2.05) is 66.3 Å². The first-order chi connectivity index (χ1) is 16.0. The number of carbonyl (C=O) groups is 2. The Kier molecular flexibility index (Phi) is 5.36. The first-order valence-electron chi connectivity index (χ1n) is 11.2. The Labute approximate surface area is 202 Å². The number of rotatable bonds is 3. The number of imide groups is 1. The number of benzene rings is 2. The van der Waals surface area contributed by atoms with Crippen LogP contribution >= 0.6 is 12.4 Å². The minimum Gasteiger partial charge on any atom is -0.350 e. The molecule has 0 spiro atoms. The summed E-state index contributed by atoms with van der Waals surface area (Å²) >= 11 is 0. The molecule has 3 N–H and O–H groups in total. The van der Waals surface area contributed by atoms with Gasteiger partial charge in [-0.05, 0) is 37.4 Å². The van der Waals surface area contributed by atoms with Crippen LogP contribution in [0.4, 0.5) is 0 Å². The molecule has 0 aliphatic carbocycles. The van der Waals surface area contributed by atoms with Crippen molar-refractivity contribution in [2.24, 2.45) is 18.7 Å². The number of aryl methyl sites for hydroxylation is 2. The van der Waals surface area contributed by atoms with Gasteiger partial charge in [-0.25, -0.2) is 0 Å². The first-order valence-corrected chi connectivity index (χ1v) is 11.2. The van der Waals surface area contributed by atoms with E-state index in [0.29, 0.717) is 18.0 Å². The number of amides is 2. The van der Waals surface area contributed by atoms with E-state index in [1.54, 1.807) is 0 Å². The summed E-state index contributed by atoms with van der Waals surface area (Å²) in [4.78, 5) is 26.6. The predicted octanol–water partition coefficient (Wildman–Crippen LogP) is 3.74. The van der Waals surface area contributed by atoms with Crippen molar-refractivity contribution >= 4 is 57.2 Å². The third-order valence-electron chi connectivity index (χ3n) is 7.13. The van der Waals surface area contributed by atoms with Crippen molar-refractivity contribution in [2.45, 2.75) is 19.4 Å². The van der Waals surface area contributed by atoms with E-state index in [0.717, 1.165) is 52.4 Å². The molecule has 7 nitrogen and oxygen atoms in total. The van der Waals surface area contributed by atoms with Gasteiger partial charge < -0.3 is 14.9 Å². The van der Waals surface area contributed by atoms with Gasteiger partial charge in [0.15, 0.2) is 0 Å². The number of nitrogens with zero attached hydrogens (tertiary/aromatic N) is 3. The number of para-hydroxylation sites is 2. The largest absolute Gasteiger partial charge is 0.350 e. The van der Waals surface area contributed by atoms with Crippen LogP contribution in [0, 0.1) is 5.92 Å². The molecule has 1 unspecified atom stereocenters. The summed E-state index contributed by atoms with van der Waals surface area (Å²) < 4.78 is 4.17. The quantitative estimate of drug-likeness (QED) is 0.348. The molecule has 34 heavy (non-hydrogen) atoms. The van der Waals surface area contributed by atoms with E-state index in [2.05, 4.69) is 4.57 Å². The molecule has 4 aromatic rings. The molecule has 0 bridgehead atoms. The minimum absolute atomic E-state index is 0. The summed E-state index contributed by atoms with van der Waals surface area (Å²) in [6.45, 7) is 1.37. The predicted molar refractivity (Wildman–Crippen MR) is 133 cm³/mol. The Balaban J connectivity index is 0.00000241. The van der Waals surface area contributed by atoms with E-state index in [1.165, 1.54) is 0 Å². The molecule has 2 aromatic heterocycles. The van der Waals surface area contributed by atoms with Crippen LogP contribution in [-0.4, -0.2) is 37.8 Å². The molecule has 8 heteroatoms. The van der Waals surface area contributed by atoms with Gasteiger partial charge in [0, 0.05) is 58.4 Å². The number of fused-ring (bicyclic) bond motifs is 4. The highest BCUT2D eigenvalue weighted by Gasteiger charge is 2.43. The lowest BCUT2D eigenvalue weighted by atomic mass is 9.89. The molecule has 0 fully saturated rings. The van der Waals surface area contributed by atoms with Gasteiger partial charge in [0.2, 0.25) is 0 Å². The summed E-state index contributed by atoms with van der Waals surface area (Å²) in [6.07, 6.45) is 3.55. The Morgan fingerprint density at radius 3 is 2.35 bits per heavy atom. The molecule has 4 heterocycles. The molecule has 6 rings (SSSR count). The van der Waals surface area contributed by atoms with E-state index in [9.17, 15) is 14.8 Å². The van der Waals surface area contributed by atoms with Crippen LogP contribution in [0.5, 0.6) is 0 Å². The number of halogens is 1. The molecular weight excluding hydrogens is 452 g/mol. The number of hydroxylamine groups is 2. The van der Waals surface area contributed by atoms with Crippen LogP contribution in [0.1, 0.15) is 23.2 Å². The number of nitrogens with two attached hydrogens (primary N) is 1. The number of hydrogen-bond acceptors (Lipinski definition) is 4. The van der Waals surface area contributed by atoms with Crippen molar-refractivity contribution in [1.82, 2.24) is 14.2 Å². The SMILES string of the molecule is Cl.Cn1cc(C2=C(c3c4n(c5ccccc35)CCC(CN)C4)C(=O)N(O)C2=O)c2ccccc21. The number of carbonyl (C=O) groups excluding carboxylic acids is 2. The van der Waals surface area contributed by atoms with Gasteiger partial charge in [-0.2, -0.15) is 0 Å². The van der Waals surface area contributed by atoms with Crippen LogP contribution in [-0.2, 0) is 29.6 Å². The minimum atomic E-state index is -0.693. The molecule has 2 aromatic carbocycles. The highest BCUT2D eigenvalue weighted by molar-refractivity contribution is 6.50. The highest BCUT2D eigenvalue weighted by atomic mass is 35.5. The molecule has 0 radical (unpaired) electrons. The van der Waals surface area contributed by atoms with Gasteiger partial charge in [0.1, 0.15) is 0 Å². The van der Waals surface area contributed by atoms with Crippen molar-refractivity contribution in [3.8, 4) is 0 Å². The second-order valence-corrected chi connectivity index (χ2v) is 8.93. The summed E-state index contributed by atoms with van der Waals surface area (Å²) in [5.74, 6) is -1.07. The highest BCUT2D eigenvalue weighted by Crippen LogP contribution is 2.44. The normalized spacial score (nSPS) is 18.2. The zero-order valence-electron chi connectivity index (χ0n) is 18.7. The number of aromatic nitrogens is 2. The van der Waals surface area contributed by atoms with Gasteiger partial charge in [-0.1, -0.05) is 36.4 Å². The van der Waals surface area contributed by atoms with Crippen LogP contribution in [0.3, 0.4) is 0 Å². The maximum atomic E-state index is 13.4. The molecule has 1 atom stereocenters. The van der Waals surface area contributed by atoms with Crippen molar-refractivity contribution in [2.75, 3.05) is 6.54 Å². The molecule has 2 amide bonds. The van der Waals surface area contributed by atoms with Crippen molar-refractivity contribution in [3.05, 3.63) is 71.5 Å². The maximum absolute atomic E-state index is 13.4. The number of hydrogen-bond donors (Lipinski definition) is 2. The summed E-state index contributed by atoms with van der Waals surface area (Å²) in [5.41, 5.74) is 10.9. The third-order valence-corrected chi connectivity index (χ3v) is 7.13. The van der Waals surface area contributed by atoms with Gasteiger partial charge in [-0.15, -0.1) is 17.5 Å². The van der Waals surface area contributed by atoms with Gasteiger partial charge in [0.25, 0.3) is 11.8 Å². The fraction of sp³-hybridized carbons (Fsp3) is 0.231. The average Bonchev–Trinajstić information content (AvgIpc) is 3.42. The Morgan fingerprint density at radius 2 is 1.62 bits per heavy atom. The smallest absolute Gasteiger partial charge is 0.286 e. The molecule has 174 valence electrons. The van der Waals surface area contributed by atoms with Gasteiger partial charge >= 0.3 is 0 Å². The Morgan fingerprint density at radius 1 is 0.971 bits per heavy atom. The standard InChI is InChI=1S/C26H24N4O3.ClH/c1-28-14-18(16-6-2-4-8-19(16)28)23-24(26(32)30(33)25(23)31)22-17-7-3-5-9-20(17)29-11-10-15(13-27)12-21(22)29;/h2-9,14-15,33H,10-13,27H2,1H3;1H. The topological polar surface area (TPSA) is 93.5 Å². The first kappa shape index (κ1) is 22.4. The molecule has 0 saturated heterocycles. The van der Waals surface area contributed by atoms with Crippen molar-refractivity contribution in [3.63, 3.8) is 0 Å². The molecule has 0 saturated carbocycles. The van der Waals surface area contributed by atoms with Crippen molar-refractivity contribution in [1.29, 1.82) is 0 Å². The molecule has 2 aliphatic rings. The lowest BCUT2D eigenvalue weighted by molar-refractivity contribution is -0.168. The van der Waals surface area contributed by atoms with E-state index in [-0.39, 0.29) is 28.6 Å². The zero-order chi connectivity index (χ0) is 22.9. The summed E-state index contributed by atoms with van der Waals surface area (Å²) in [7, 11) is 1.91. The van der Waals surface area contributed by atoms with Crippen LogP contribution < -0.4 is 5.73 Å². The Bertz CT molecular complexity index is 1510. The van der Waals surface area contributed by atoms with Gasteiger partial charge in [-0.3, -0.25) is 14.8 Å². The van der Waals surface area contributed by atoms with E-state index in [4.69, 9.17) is 5.73 Å². The zero-order valence-corrected chi connectivity index (χ0v) is 19.5. The van der Waals surface area contributed by atoms with Crippen LogP contribution in [0.2, 0.25) is 0 Å². The van der Waals surface area contributed by atoms with Crippen molar-refractivity contribution < 1.29 is 14.8 Å². The maximum Gasteiger partial charge on any atom is 0.286 e. The fourth-order valence-corrected chi connectivity index (χ4v) is 5.53. The molecular formula is C26H25ClN4O3. The molecule has 2 aliphatic heterocycles. The monoisotopic (exact) mass is 476 g/mol. The Hall–Kier alpha value is -3.39. The second kappa shape index (κ2) is 8.13. The summed E-state index contributed by atoms with van der Waals surface area (Å²) in [6, 6.07) is 15.7. The summed E-state index contributed by atoms with van der Waals surface area (Å²) in [5, 5.41) is 12.5. The van der Waals surface area contributed by atoms with Gasteiger partial charge in [0.05, 0.1) is 11.1 Å².